The van der Waals surface area contributed by atoms with E-state index in [4.69, 9.17) is 5.73 Å². The van der Waals surface area contributed by atoms with E-state index in [1.807, 2.05) is 32.7 Å². The third kappa shape index (κ3) is 3.62. The summed E-state index contributed by atoms with van der Waals surface area (Å²) in [4.78, 5) is 1.98. The molecule has 0 aliphatic heterocycles. The second-order valence-corrected chi connectivity index (χ2v) is 7.26. The van der Waals surface area contributed by atoms with Crippen molar-refractivity contribution in [3.63, 3.8) is 0 Å². The summed E-state index contributed by atoms with van der Waals surface area (Å²) in [6, 6.07) is 0. The van der Waals surface area contributed by atoms with Crippen molar-refractivity contribution in [2.24, 2.45) is 5.92 Å². The highest BCUT2D eigenvalue weighted by Gasteiger charge is 2.26. The summed E-state index contributed by atoms with van der Waals surface area (Å²) in [6.45, 7) is 7.45. The third-order valence-electron chi connectivity index (χ3n) is 2.76. The number of hydrogen-bond donors (Lipinski definition) is 1. The molecular formula is C12H24N4O2S. The fraction of sp³-hybridized carbons (Fsp3) is 0.750. The van der Waals surface area contributed by atoms with Gasteiger partial charge in [-0.3, -0.25) is 0 Å². The topological polar surface area (TPSA) is 81.2 Å². The number of anilines is 2. The Morgan fingerprint density at radius 1 is 1.42 bits per heavy atom. The van der Waals surface area contributed by atoms with Gasteiger partial charge in [0.2, 0.25) is 0 Å². The van der Waals surface area contributed by atoms with E-state index in [0.717, 1.165) is 13.0 Å². The minimum absolute atomic E-state index is 0.143. The molecule has 0 saturated carbocycles. The van der Waals surface area contributed by atoms with Gasteiger partial charge in [0.15, 0.2) is 20.6 Å². The van der Waals surface area contributed by atoms with Gasteiger partial charge in [-0.05, 0) is 12.3 Å². The van der Waals surface area contributed by atoms with Crippen LogP contribution in [0.3, 0.4) is 0 Å². The van der Waals surface area contributed by atoms with Gasteiger partial charge in [0.1, 0.15) is 5.82 Å². The highest BCUT2D eigenvalue weighted by Crippen LogP contribution is 2.30. The normalized spacial score (nSPS) is 12.1. The van der Waals surface area contributed by atoms with E-state index in [0.29, 0.717) is 18.3 Å². The van der Waals surface area contributed by atoms with Gasteiger partial charge < -0.3 is 10.6 Å². The lowest BCUT2D eigenvalue weighted by Gasteiger charge is -2.16. The zero-order valence-corrected chi connectivity index (χ0v) is 13.2. The van der Waals surface area contributed by atoms with Gasteiger partial charge in [0.05, 0.1) is 0 Å². The van der Waals surface area contributed by atoms with Gasteiger partial charge in [0, 0.05) is 26.4 Å². The molecule has 1 rings (SSSR count). The van der Waals surface area contributed by atoms with Crippen LogP contribution in [0.2, 0.25) is 0 Å². The molecule has 0 spiro atoms. The minimum Gasteiger partial charge on any atom is -0.383 e. The lowest BCUT2D eigenvalue weighted by atomic mass is 10.2. The van der Waals surface area contributed by atoms with E-state index in [-0.39, 0.29) is 10.7 Å². The number of nitrogens with zero attached hydrogens (tertiary/aromatic N) is 3. The molecule has 0 aliphatic rings. The van der Waals surface area contributed by atoms with Gasteiger partial charge >= 0.3 is 0 Å². The molecular weight excluding hydrogens is 264 g/mol. The van der Waals surface area contributed by atoms with Crippen LogP contribution in [0.5, 0.6) is 0 Å². The molecule has 2 N–H and O–H groups in total. The maximum atomic E-state index is 11.9. The van der Waals surface area contributed by atoms with Gasteiger partial charge in [-0.15, -0.1) is 0 Å². The smallest absolute Gasteiger partial charge is 0.182 e. The highest BCUT2D eigenvalue weighted by atomic mass is 32.2. The zero-order valence-electron chi connectivity index (χ0n) is 12.3. The largest absolute Gasteiger partial charge is 0.383 e. The molecule has 0 unspecified atom stereocenters. The second kappa shape index (κ2) is 5.81. The van der Waals surface area contributed by atoms with E-state index in [1.165, 1.54) is 6.26 Å². The van der Waals surface area contributed by atoms with Crippen molar-refractivity contribution >= 4 is 21.5 Å². The predicted molar refractivity (Wildman–Crippen MR) is 78.1 cm³/mol. The van der Waals surface area contributed by atoms with E-state index < -0.39 is 9.84 Å². The molecule has 0 saturated heterocycles. The number of hydrogen-bond acceptors (Lipinski definition) is 5. The molecule has 0 bridgehead atoms. The van der Waals surface area contributed by atoms with Crippen molar-refractivity contribution < 1.29 is 8.42 Å². The molecule has 0 amide bonds. The highest BCUT2D eigenvalue weighted by molar-refractivity contribution is 7.91. The number of sulfone groups is 1. The standard InChI is InChI=1S/C12H24N4O2S/c1-6-7-15(4)12-10(19(5,17)18)11(13)16(14-12)8-9(2)3/h9H,6-8,13H2,1-5H3. The Bertz CT molecular complexity index is 534. The molecule has 19 heavy (non-hydrogen) atoms. The van der Waals surface area contributed by atoms with E-state index in [1.54, 1.807) is 4.68 Å². The van der Waals surface area contributed by atoms with Gasteiger partial charge in [0.25, 0.3) is 0 Å². The van der Waals surface area contributed by atoms with Crippen molar-refractivity contribution in [1.82, 2.24) is 9.78 Å². The summed E-state index contributed by atoms with van der Waals surface area (Å²) in [5, 5.41) is 4.37. The first-order valence-corrected chi connectivity index (χ1v) is 8.35. The van der Waals surface area contributed by atoms with Gasteiger partial charge in [-0.2, -0.15) is 5.10 Å². The number of nitrogens with two attached hydrogens (primary N) is 1. The molecule has 1 aromatic heterocycles. The average molecular weight is 288 g/mol. The molecule has 0 fully saturated rings. The van der Waals surface area contributed by atoms with Crippen molar-refractivity contribution in [3.05, 3.63) is 0 Å². The minimum atomic E-state index is -3.39. The number of aromatic nitrogens is 2. The van der Waals surface area contributed by atoms with Crippen molar-refractivity contribution in [1.29, 1.82) is 0 Å². The Labute approximate surface area is 115 Å². The molecule has 0 radical (unpaired) electrons. The predicted octanol–water partition coefficient (Wildman–Crippen LogP) is 1.37. The summed E-state index contributed by atoms with van der Waals surface area (Å²) < 4.78 is 25.4. The van der Waals surface area contributed by atoms with Crippen molar-refractivity contribution in [3.8, 4) is 0 Å². The Morgan fingerprint density at radius 2 is 2.00 bits per heavy atom. The van der Waals surface area contributed by atoms with E-state index in [9.17, 15) is 8.42 Å². The van der Waals surface area contributed by atoms with Crippen LogP contribution in [0.4, 0.5) is 11.6 Å². The second-order valence-electron chi connectivity index (χ2n) is 5.31. The van der Waals surface area contributed by atoms with Crippen LogP contribution in [-0.4, -0.2) is 38.0 Å². The first kappa shape index (κ1) is 15.8. The molecule has 1 aromatic rings. The lowest BCUT2D eigenvalue weighted by Crippen LogP contribution is -2.20. The van der Waals surface area contributed by atoms with Crippen LogP contribution in [0.25, 0.3) is 0 Å². The first-order chi connectivity index (χ1) is 8.68. The lowest BCUT2D eigenvalue weighted by molar-refractivity contribution is 0.488. The van der Waals surface area contributed by atoms with E-state index >= 15 is 0 Å². The van der Waals surface area contributed by atoms with Crippen LogP contribution in [0, 0.1) is 5.92 Å². The van der Waals surface area contributed by atoms with Crippen molar-refractivity contribution in [2.45, 2.75) is 38.6 Å². The maximum Gasteiger partial charge on any atom is 0.182 e. The molecule has 1 heterocycles. The third-order valence-corrected chi connectivity index (χ3v) is 3.89. The van der Waals surface area contributed by atoms with Crippen LogP contribution >= 0.6 is 0 Å². The molecule has 0 aromatic carbocycles. The fourth-order valence-corrected chi connectivity index (χ4v) is 2.99. The maximum absolute atomic E-state index is 11.9. The molecule has 6 nitrogen and oxygen atoms in total. The van der Waals surface area contributed by atoms with Crippen molar-refractivity contribution in [2.75, 3.05) is 30.5 Å². The van der Waals surface area contributed by atoms with Crippen LogP contribution < -0.4 is 10.6 Å². The zero-order chi connectivity index (χ0) is 14.8. The van der Waals surface area contributed by atoms with E-state index in [2.05, 4.69) is 5.10 Å². The summed E-state index contributed by atoms with van der Waals surface area (Å²) >= 11 is 0. The Kier molecular flexibility index (Phi) is 4.84. The monoisotopic (exact) mass is 288 g/mol. The quantitative estimate of drug-likeness (QED) is 0.855. The Balaban J connectivity index is 3.36. The summed E-state index contributed by atoms with van der Waals surface area (Å²) in [5.74, 6) is 1.02. The average Bonchev–Trinajstić information content (AvgIpc) is 2.55. The summed E-state index contributed by atoms with van der Waals surface area (Å²) in [7, 11) is -1.56. The fourth-order valence-electron chi connectivity index (χ4n) is 1.98. The van der Waals surface area contributed by atoms with Crippen LogP contribution in [-0.2, 0) is 16.4 Å². The van der Waals surface area contributed by atoms with Gasteiger partial charge in [-0.25, -0.2) is 13.1 Å². The summed E-state index contributed by atoms with van der Waals surface area (Å²) in [5.41, 5.74) is 5.97. The van der Waals surface area contributed by atoms with Crippen LogP contribution in [0.15, 0.2) is 4.90 Å². The SMILES string of the molecule is CCCN(C)c1nn(CC(C)C)c(N)c1S(C)(=O)=O. The molecule has 0 aliphatic carbocycles. The van der Waals surface area contributed by atoms with Crippen LogP contribution in [0.1, 0.15) is 27.2 Å². The summed E-state index contributed by atoms with van der Waals surface area (Å²) in [6.07, 6.45) is 2.08. The Hall–Kier alpha value is -1.24. The molecule has 7 heteroatoms. The number of rotatable bonds is 6. The number of nitrogen functional groups attached to an aromatic ring is 1. The Morgan fingerprint density at radius 3 is 2.42 bits per heavy atom. The molecule has 0 atom stereocenters. The van der Waals surface area contributed by atoms with Gasteiger partial charge in [-0.1, -0.05) is 20.8 Å². The first-order valence-electron chi connectivity index (χ1n) is 6.45. The molecule has 110 valence electrons.